The van der Waals surface area contributed by atoms with Gasteiger partial charge in [0.15, 0.2) is 0 Å². The van der Waals surface area contributed by atoms with Crippen molar-refractivity contribution in [1.29, 1.82) is 0 Å². The van der Waals surface area contributed by atoms with Gasteiger partial charge in [-0.15, -0.1) is 11.3 Å². The van der Waals surface area contributed by atoms with Crippen LogP contribution in [0.1, 0.15) is 4.88 Å². The number of halogens is 1. The fourth-order valence-electron chi connectivity index (χ4n) is 1.62. The standard InChI is InChI=1S/C10H13ClN2OS/c11-9-2-1-8(15-9)7-10(14)13-5-3-12-4-6-13/h1-2,12H,3-7H2. The van der Waals surface area contributed by atoms with Gasteiger partial charge < -0.3 is 10.2 Å². The SMILES string of the molecule is O=C(Cc1ccc(Cl)s1)N1CCNCC1. The second-order valence-corrected chi connectivity index (χ2v) is 5.31. The molecule has 0 aromatic carbocycles. The molecule has 3 nitrogen and oxygen atoms in total. The lowest BCUT2D eigenvalue weighted by Crippen LogP contribution is -2.46. The Labute approximate surface area is 98.0 Å². The van der Waals surface area contributed by atoms with Crippen LogP contribution in [0.2, 0.25) is 4.34 Å². The molecule has 0 radical (unpaired) electrons. The third-order valence-corrected chi connectivity index (χ3v) is 3.66. The number of rotatable bonds is 2. The van der Waals surface area contributed by atoms with E-state index in [4.69, 9.17) is 11.6 Å². The number of amides is 1. The van der Waals surface area contributed by atoms with Crippen LogP contribution in [-0.4, -0.2) is 37.0 Å². The molecule has 1 aliphatic rings. The van der Waals surface area contributed by atoms with Crippen LogP contribution in [0.3, 0.4) is 0 Å². The highest BCUT2D eigenvalue weighted by atomic mass is 35.5. The molecule has 0 atom stereocenters. The summed E-state index contributed by atoms with van der Waals surface area (Å²) in [5.41, 5.74) is 0. The number of nitrogens with zero attached hydrogens (tertiary/aromatic N) is 1. The van der Waals surface area contributed by atoms with Gasteiger partial charge >= 0.3 is 0 Å². The first-order valence-electron chi connectivity index (χ1n) is 4.98. The fourth-order valence-corrected chi connectivity index (χ4v) is 2.70. The summed E-state index contributed by atoms with van der Waals surface area (Å²) in [5.74, 6) is 0.204. The molecule has 1 fully saturated rings. The molecule has 1 aromatic rings. The monoisotopic (exact) mass is 244 g/mol. The normalized spacial score (nSPS) is 16.7. The topological polar surface area (TPSA) is 32.3 Å². The van der Waals surface area contributed by atoms with Gasteiger partial charge in [-0.25, -0.2) is 0 Å². The molecule has 1 aliphatic heterocycles. The van der Waals surface area contributed by atoms with Gasteiger partial charge in [-0.2, -0.15) is 0 Å². The smallest absolute Gasteiger partial charge is 0.227 e. The number of carbonyl (C=O) groups is 1. The molecule has 2 heterocycles. The minimum atomic E-state index is 0.204. The third-order valence-electron chi connectivity index (χ3n) is 2.42. The largest absolute Gasteiger partial charge is 0.340 e. The van der Waals surface area contributed by atoms with E-state index in [0.29, 0.717) is 6.42 Å². The van der Waals surface area contributed by atoms with Crippen LogP contribution >= 0.6 is 22.9 Å². The first-order chi connectivity index (χ1) is 7.25. The van der Waals surface area contributed by atoms with Gasteiger partial charge in [-0.05, 0) is 12.1 Å². The first-order valence-corrected chi connectivity index (χ1v) is 6.18. The van der Waals surface area contributed by atoms with Crippen molar-refractivity contribution in [3.63, 3.8) is 0 Å². The van der Waals surface area contributed by atoms with E-state index in [9.17, 15) is 4.79 Å². The van der Waals surface area contributed by atoms with Gasteiger partial charge in [0.2, 0.25) is 5.91 Å². The third kappa shape index (κ3) is 2.93. The Kier molecular flexibility index (Phi) is 3.61. The number of hydrogen-bond donors (Lipinski definition) is 1. The molecular weight excluding hydrogens is 232 g/mol. The van der Waals surface area contributed by atoms with Crippen molar-refractivity contribution >= 4 is 28.8 Å². The van der Waals surface area contributed by atoms with Crippen molar-refractivity contribution in [2.75, 3.05) is 26.2 Å². The van der Waals surface area contributed by atoms with E-state index in [2.05, 4.69) is 5.32 Å². The van der Waals surface area contributed by atoms with Crippen LogP contribution in [-0.2, 0) is 11.2 Å². The Bertz CT molecular complexity index is 347. The summed E-state index contributed by atoms with van der Waals surface area (Å²) >= 11 is 7.30. The molecule has 0 saturated carbocycles. The second kappa shape index (κ2) is 4.96. The Morgan fingerprint density at radius 1 is 1.47 bits per heavy atom. The van der Waals surface area contributed by atoms with Crippen molar-refractivity contribution < 1.29 is 4.79 Å². The molecule has 0 bridgehead atoms. The van der Waals surface area contributed by atoms with E-state index in [-0.39, 0.29) is 5.91 Å². The molecule has 0 aliphatic carbocycles. The quantitative estimate of drug-likeness (QED) is 0.853. The molecule has 0 spiro atoms. The maximum atomic E-state index is 11.8. The van der Waals surface area contributed by atoms with Gasteiger partial charge in [0.1, 0.15) is 0 Å². The fraction of sp³-hybridized carbons (Fsp3) is 0.500. The molecule has 5 heteroatoms. The lowest BCUT2D eigenvalue weighted by Gasteiger charge is -2.27. The number of hydrogen-bond acceptors (Lipinski definition) is 3. The molecule has 0 unspecified atom stereocenters. The highest BCUT2D eigenvalue weighted by Crippen LogP contribution is 2.22. The average Bonchev–Trinajstić information content (AvgIpc) is 2.65. The summed E-state index contributed by atoms with van der Waals surface area (Å²) < 4.78 is 0.748. The number of thiophene rings is 1. The van der Waals surface area contributed by atoms with Crippen LogP contribution in [0.25, 0.3) is 0 Å². The predicted molar refractivity (Wildman–Crippen MR) is 62.5 cm³/mol. The van der Waals surface area contributed by atoms with Crippen molar-refractivity contribution in [3.05, 3.63) is 21.3 Å². The van der Waals surface area contributed by atoms with Crippen LogP contribution < -0.4 is 5.32 Å². The van der Waals surface area contributed by atoms with E-state index in [1.165, 1.54) is 11.3 Å². The summed E-state index contributed by atoms with van der Waals surface area (Å²) in [7, 11) is 0. The number of carbonyl (C=O) groups excluding carboxylic acids is 1. The lowest BCUT2D eigenvalue weighted by molar-refractivity contribution is -0.130. The summed E-state index contributed by atoms with van der Waals surface area (Å²) in [5, 5.41) is 3.23. The molecular formula is C10H13ClN2OS. The zero-order valence-electron chi connectivity index (χ0n) is 8.33. The maximum absolute atomic E-state index is 11.8. The van der Waals surface area contributed by atoms with Crippen LogP contribution in [0, 0.1) is 0 Å². The van der Waals surface area contributed by atoms with Crippen LogP contribution in [0.4, 0.5) is 0 Å². The van der Waals surface area contributed by atoms with Crippen molar-refractivity contribution in [1.82, 2.24) is 10.2 Å². The predicted octanol–water partition coefficient (Wildman–Crippen LogP) is 1.38. The Hall–Kier alpha value is -0.580. The van der Waals surface area contributed by atoms with E-state index < -0.39 is 0 Å². The molecule has 1 N–H and O–H groups in total. The number of nitrogens with one attached hydrogen (secondary N) is 1. The van der Waals surface area contributed by atoms with Crippen molar-refractivity contribution in [2.45, 2.75) is 6.42 Å². The molecule has 1 saturated heterocycles. The van der Waals surface area contributed by atoms with E-state index in [1.807, 2.05) is 17.0 Å². The average molecular weight is 245 g/mol. The van der Waals surface area contributed by atoms with E-state index in [0.717, 1.165) is 35.4 Å². The number of piperazine rings is 1. The maximum Gasteiger partial charge on any atom is 0.227 e. The summed E-state index contributed by atoms with van der Waals surface area (Å²) in [4.78, 5) is 14.8. The highest BCUT2D eigenvalue weighted by Gasteiger charge is 2.16. The summed E-state index contributed by atoms with van der Waals surface area (Å²) in [6, 6.07) is 3.76. The minimum absolute atomic E-state index is 0.204. The van der Waals surface area contributed by atoms with Gasteiger partial charge in [-0.1, -0.05) is 11.6 Å². The first kappa shape index (κ1) is 10.9. The van der Waals surface area contributed by atoms with Gasteiger partial charge in [-0.3, -0.25) is 4.79 Å². The molecule has 15 heavy (non-hydrogen) atoms. The Morgan fingerprint density at radius 2 is 2.20 bits per heavy atom. The summed E-state index contributed by atoms with van der Waals surface area (Å²) in [6.45, 7) is 3.43. The molecule has 82 valence electrons. The Morgan fingerprint density at radius 3 is 2.80 bits per heavy atom. The second-order valence-electron chi connectivity index (χ2n) is 3.51. The van der Waals surface area contributed by atoms with Crippen LogP contribution in [0.15, 0.2) is 12.1 Å². The van der Waals surface area contributed by atoms with Crippen LogP contribution in [0.5, 0.6) is 0 Å². The zero-order chi connectivity index (χ0) is 10.7. The van der Waals surface area contributed by atoms with E-state index >= 15 is 0 Å². The van der Waals surface area contributed by atoms with Gasteiger partial charge in [0, 0.05) is 31.1 Å². The zero-order valence-corrected chi connectivity index (χ0v) is 9.90. The molecule has 1 aromatic heterocycles. The van der Waals surface area contributed by atoms with E-state index in [1.54, 1.807) is 0 Å². The lowest BCUT2D eigenvalue weighted by atomic mass is 10.3. The van der Waals surface area contributed by atoms with Gasteiger partial charge in [0.25, 0.3) is 0 Å². The van der Waals surface area contributed by atoms with Crippen molar-refractivity contribution in [2.24, 2.45) is 0 Å². The highest BCUT2D eigenvalue weighted by molar-refractivity contribution is 7.16. The molecule has 2 rings (SSSR count). The minimum Gasteiger partial charge on any atom is -0.340 e. The van der Waals surface area contributed by atoms with Crippen molar-refractivity contribution in [3.8, 4) is 0 Å². The summed E-state index contributed by atoms with van der Waals surface area (Å²) in [6.07, 6.45) is 0.484. The molecule has 1 amide bonds. The Balaban J connectivity index is 1.91. The van der Waals surface area contributed by atoms with Gasteiger partial charge in [0.05, 0.1) is 10.8 Å².